The fraction of sp³-hybridized carbons (Fsp3) is 0.789. The predicted octanol–water partition coefficient (Wildman–Crippen LogP) is 2.59. The van der Waals surface area contributed by atoms with Crippen LogP contribution in [0, 0.1) is 11.8 Å². The zero-order valence-electron chi connectivity index (χ0n) is 16.3. The van der Waals surface area contributed by atoms with E-state index in [4.69, 9.17) is 14.6 Å². The van der Waals surface area contributed by atoms with Crippen molar-refractivity contribution in [3.63, 3.8) is 0 Å². The van der Waals surface area contributed by atoms with E-state index in [1.807, 2.05) is 0 Å². The van der Waals surface area contributed by atoms with E-state index in [0.29, 0.717) is 12.5 Å². The van der Waals surface area contributed by atoms with Crippen LogP contribution in [0.2, 0.25) is 0 Å². The standard InChI is InChI=1S/C18H27F3N2O2.CH2O2/c1-12(2)5-8-23-10-14-13(15-3-6-17(14,11-23)25-15)9-22-16(24)4-7-18(19,20)21;2-1-3/h5,13-15H,3-4,6-11H2,1-2H3,(H,22,24);1H,(H,2,3)/t13-,14+,15+,17+;/m0./s1. The lowest BCUT2D eigenvalue weighted by Gasteiger charge is -2.29. The van der Waals surface area contributed by atoms with Gasteiger partial charge >= 0.3 is 6.18 Å². The van der Waals surface area contributed by atoms with Gasteiger partial charge in [0.25, 0.3) is 6.47 Å². The molecule has 0 unspecified atom stereocenters. The fourth-order valence-electron chi connectivity index (χ4n) is 4.59. The van der Waals surface area contributed by atoms with Crippen LogP contribution in [0.3, 0.4) is 0 Å². The lowest BCUT2D eigenvalue weighted by molar-refractivity contribution is -0.144. The molecular weight excluding hydrogens is 377 g/mol. The van der Waals surface area contributed by atoms with Gasteiger partial charge in [-0.2, -0.15) is 13.2 Å². The average Bonchev–Trinajstić information content (AvgIpc) is 3.24. The van der Waals surface area contributed by atoms with E-state index >= 15 is 0 Å². The normalized spacial score (nSPS) is 31.0. The number of likely N-dealkylation sites (tertiary alicyclic amines) is 1. The molecule has 3 saturated heterocycles. The summed E-state index contributed by atoms with van der Waals surface area (Å²) in [6, 6.07) is 0. The highest BCUT2D eigenvalue weighted by Crippen LogP contribution is 2.54. The number of carbonyl (C=O) groups excluding carboxylic acids is 1. The number of halogens is 3. The van der Waals surface area contributed by atoms with Gasteiger partial charge in [-0.05, 0) is 26.7 Å². The Morgan fingerprint density at radius 3 is 2.68 bits per heavy atom. The van der Waals surface area contributed by atoms with Gasteiger partial charge in [0, 0.05) is 44.4 Å². The topological polar surface area (TPSA) is 78.9 Å². The van der Waals surface area contributed by atoms with Crippen molar-refractivity contribution in [1.29, 1.82) is 0 Å². The molecule has 1 amide bonds. The number of alkyl halides is 3. The Kier molecular flexibility index (Phi) is 7.50. The number of amides is 1. The molecule has 0 aromatic rings. The Hall–Kier alpha value is -1.61. The molecular formula is C19H29F3N2O4. The molecule has 3 heterocycles. The summed E-state index contributed by atoms with van der Waals surface area (Å²) in [7, 11) is 0. The van der Waals surface area contributed by atoms with Gasteiger partial charge in [0.05, 0.1) is 18.1 Å². The minimum absolute atomic E-state index is 0.110. The third-order valence-electron chi connectivity index (χ3n) is 5.78. The van der Waals surface area contributed by atoms with Gasteiger partial charge in [-0.25, -0.2) is 0 Å². The molecule has 3 aliphatic rings. The molecule has 160 valence electrons. The summed E-state index contributed by atoms with van der Waals surface area (Å²) < 4.78 is 42.9. The predicted molar refractivity (Wildman–Crippen MR) is 96.7 cm³/mol. The molecule has 9 heteroatoms. The smallest absolute Gasteiger partial charge is 0.389 e. The van der Waals surface area contributed by atoms with Crippen LogP contribution in [0.25, 0.3) is 0 Å². The zero-order valence-corrected chi connectivity index (χ0v) is 16.3. The van der Waals surface area contributed by atoms with Gasteiger partial charge in [0.2, 0.25) is 5.91 Å². The first-order valence-electron chi connectivity index (χ1n) is 9.55. The van der Waals surface area contributed by atoms with Gasteiger partial charge < -0.3 is 15.2 Å². The van der Waals surface area contributed by atoms with Crippen molar-refractivity contribution in [2.45, 2.75) is 57.4 Å². The molecule has 2 N–H and O–H groups in total. The maximum absolute atomic E-state index is 12.2. The quantitative estimate of drug-likeness (QED) is 0.524. The Morgan fingerprint density at radius 1 is 1.39 bits per heavy atom. The summed E-state index contributed by atoms with van der Waals surface area (Å²) in [5, 5.41) is 9.60. The van der Waals surface area contributed by atoms with Crippen molar-refractivity contribution in [3.8, 4) is 0 Å². The Balaban J connectivity index is 0.000000878. The molecule has 0 aliphatic carbocycles. The van der Waals surface area contributed by atoms with E-state index in [1.54, 1.807) is 0 Å². The second kappa shape index (κ2) is 9.26. The van der Waals surface area contributed by atoms with E-state index in [0.717, 1.165) is 32.5 Å². The number of ether oxygens (including phenoxy) is 1. The highest BCUT2D eigenvalue weighted by atomic mass is 19.4. The van der Waals surface area contributed by atoms with Crippen molar-refractivity contribution in [2.24, 2.45) is 11.8 Å². The fourth-order valence-corrected chi connectivity index (χ4v) is 4.59. The van der Waals surface area contributed by atoms with Gasteiger partial charge in [0.15, 0.2) is 0 Å². The second-order valence-corrected chi connectivity index (χ2v) is 8.03. The highest BCUT2D eigenvalue weighted by molar-refractivity contribution is 5.75. The number of nitrogens with zero attached hydrogens (tertiary/aromatic N) is 1. The minimum Gasteiger partial charge on any atom is -0.483 e. The van der Waals surface area contributed by atoms with E-state index in [2.05, 4.69) is 30.1 Å². The number of fused-ring (bicyclic) bond motifs is 1. The number of carboxylic acid groups (broad SMARTS) is 1. The molecule has 3 rings (SSSR count). The van der Waals surface area contributed by atoms with Crippen LogP contribution in [0.15, 0.2) is 11.6 Å². The van der Waals surface area contributed by atoms with E-state index in [-0.39, 0.29) is 24.1 Å². The second-order valence-electron chi connectivity index (χ2n) is 8.03. The number of rotatable bonds is 6. The molecule has 28 heavy (non-hydrogen) atoms. The van der Waals surface area contributed by atoms with Gasteiger partial charge in [0.1, 0.15) is 0 Å². The molecule has 0 radical (unpaired) electrons. The SMILES string of the molecule is CC(C)=CCN1C[C@@H]2[C@H](CNC(=O)CCC(F)(F)F)[C@H]3CC[C@]2(C1)O3.O=CO. The lowest BCUT2D eigenvalue weighted by atomic mass is 9.73. The first-order chi connectivity index (χ1) is 13.1. The van der Waals surface area contributed by atoms with E-state index < -0.39 is 24.9 Å². The maximum Gasteiger partial charge on any atom is 0.389 e. The minimum atomic E-state index is -4.28. The molecule has 3 fully saturated rings. The van der Waals surface area contributed by atoms with Crippen LogP contribution < -0.4 is 5.32 Å². The van der Waals surface area contributed by atoms with Crippen LogP contribution in [-0.4, -0.2) is 66.4 Å². The number of carbonyl (C=O) groups is 2. The van der Waals surface area contributed by atoms with Crippen molar-refractivity contribution in [2.75, 3.05) is 26.2 Å². The zero-order chi connectivity index (χ0) is 20.9. The Bertz CT molecular complexity index is 592. The lowest BCUT2D eigenvalue weighted by Crippen LogP contribution is -2.42. The number of nitrogens with one attached hydrogen (secondary N) is 1. The highest BCUT2D eigenvalue weighted by Gasteiger charge is 2.62. The third-order valence-corrected chi connectivity index (χ3v) is 5.78. The van der Waals surface area contributed by atoms with E-state index in [1.165, 1.54) is 5.57 Å². The van der Waals surface area contributed by atoms with Crippen LogP contribution in [0.4, 0.5) is 13.2 Å². The monoisotopic (exact) mass is 406 g/mol. The van der Waals surface area contributed by atoms with Crippen LogP contribution in [0.5, 0.6) is 0 Å². The molecule has 0 saturated carbocycles. The maximum atomic E-state index is 12.2. The average molecular weight is 406 g/mol. The van der Waals surface area contributed by atoms with Crippen molar-refractivity contribution < 1.29 is 32.6 Å². The number of hydrogen-bond acceptors (Lipinski definition) is 4. The molecule has 1 spiro atoms. The first kappa shape index (κ1) is 22.7. The van der Waals surface area contributed by atoms with Crippen molar-refractivity contribution in [1.82, 2.24) is 10.2 Å². The summed E-state index contributed by atoms with van der Waals surface area (Å²) in [5.41, 5.74) is 1.18. The molecule has 0 aromatic carbocycles. The van der Waals surface area contributed by atoms with Crippen LogP contribution in [0.1, 0.15) is 39.5 Å². The van der Waals surface area contributed by atoms with Crippen molar-refractivity contribution in [3.05, 3.63) is 11.6 Å². The van der Waals surface area contributed by atoms with Gasteiger partial charge in [-0.15, -0.1) is 0 Å². The summed E-state index contributed by atoms with van der Waals surface area (Å²) in [6.07, 6.45) is -1.47. The summed E-state index contributed by atoms with van der Waals surface area (Å²) >= 11 is 0. The molecule has 0 aromatic heterocycles. The summed E-state index contributed by atoms with van der Waals surface area (Å²) in [4.78, 5) is 22.5. The molecule has 4 atom stereocenters. The first-order valence-corrected chi connectivity index (χ1v) is 9.55. The summed E-state index contributed by atoms with van der Waals surface area (Å²) in [5.74, 6) is 0.0496. The molecule has 3 aliphatic heterocycles. The van der Waals surface area contributed by atoms with Gasteiger partial charge in [-0.1, -0.05) is 11.6 Å². The van der Waals surface area contributed by atoms with Gasteiger partial charge in [-0.3, -0.25) is 14.5 Å². The Labute approximate surface area is 163 Å². The summed E-state index contributed by atoms with van der Waals surface area (Å²) in [6.45, 7) is 7.08. The Morgan fingerprint density at radius 2 is 2.07 bits per heavy atom. The molecule has 6 nitrogen and oxygen atoms in total. The largest absolute Gasteiger partial charge is 0.483 e. The number of allylic oxidation sites excluding steroid dienone is 1. The van der Waals surface area contributed by atoms with Crippen molar-refractivity contribution >= 4 is 12.4 Å². The van der Waals surface area contributed by atoms with Crippen LogP contribution >= 0.6 is 0 Å². The number of hydrogen-bond donors (Lipinski definition) is 2. The third kappa shape index (κ3) is 5.70. The van der Waals surface area contributed by atoms with Crippen LogP contribution in [-0.2, 0) is 14.3 Å². The van der Waals surface area contributed by atoms with E-state index in [9.17, 15) is 18.0 Å². The molecule has 2 bridgehead atoms.